The zero-order valence-corrected chi connectivity index (χ0v) is 18.5. The van der Waals surface area contributed by atoms with Crippen LogP contribution in [0.2, 0.25) is 0 Å². The monoisotopic (exact) mass is 431 g/mol. The fourth-order valence-corrected chi connectivity index (χ4v) is 4.38. The molecular weight excluding hydrogens is 402 g/mol. The smallest absolute Gasteiger partial charge is 0.261 e. The number of sulfonamides is 1. The van der Waals surface area contributed by atoms with Crippen LogP contribution in [0.5, 0.6) is 0 Å². The molecule has 30 heavy (non-hydrogen) atoms. The molecule has 1 amide bonds. The number of hydrogen-bond acceptors (Lipinski definition) is 5. The molecule has 162 valence electrons. The predicted octanol–water partition coefficient (Wildman–Crippen LogP) is 2.64. The molecule has 2 aromatic rings. The molecule has 1 fully saturated rings. The molecule has 0 bridgehead atoms. The van der Waals surface area contributed by atoms with Crippen molar-refractivity contribution in [2.45, 2.75) is 31.2 Å². The summed E-state index contributed by atoms with van der Waals surface area (Å²) in [6.45, 7) is 9.60. The fourth-order valence-electron chi connectivity index (χ4n) is 3.33. The third-order valence-corrected chi connectivity index (χ3v) is 6.65. The van der Waals surface area contributed by atoms with Crippen molar-refractivity contribution in [3.63, 3.8) is 0 Å². The second-order valence-corrected chi connectivity index (χ2v) is 9.78. The molecule has 1 saturated heterocycles. The lowest BCUT2D eigenvalue weighted by atomic mass is 10.0. The Balaban J connectivity index is 1.65. The summed E-state index contributed by atoms with van der Waals surface area (Å²) in [4.78, 5) is 15.1. The van der Waals surface area contributed by atoms with Crippen molar-refractivity contribution in [3.8, 4) is 0 Å². The second-order valence-electron chi connectivity index (χ2n) is 8.09. The van der Waals surface area contributed by atoms with Crippen LogP contribution in [-0.2, 0) is 14.8 Å². The van der Waals surface area contributed by atoms with E-state index < -0.39 is 10.0 Å². The SMILES string of the molecule is Cc1ccc(S(=O)(=O)Nc2cccc(C(=O)NCC(C)(C)N3CCOCC3)c2)cc1. The molecule has 0 aliphatic carbocycles. The summed E-state index contributed by atoms with van der Waals surface area (Å²) < 4.78 is 33.1. The van der Waals surface area contributed by atoms with E-state index in [1.165, 1.54) is 0 Å². The topological polar surface area (TPSA) is 87.7 Å². The number of anilines is 1. The van der Waals surface area contributed by atoms with E-state index in [-0.39, 0.29) is 16.3 Å². The highest BCUT2D eigenvalue weighted by Gasteiger charge is 2.28. The van der Waals surface area contributed by atoms with Crippen LogP contribution < -0.4 is 10.0 Å². The minimum Gasteiger partial charge on any atom is -0.379 e. The third-order valence-electron chi connectivity index (χ3n) is 5.26. The highest BCUT2D eigenvalue weighted by atomic mass is 32.2. The zero-order valence-electron chi connectivity index (χ0n) is 17.6. The fraction of sp³-hybridized carbons (Fsp3) is 0.409. The van der Waals surface area contributed by atoms with E-state index >= 15 is 0 Å². The van der Waals surface area contributed by atoms with Gasteiger partial charge in [0, 0.05) is 36.4 Å². The Morgan fingerprint density at radius 1 is 1.10 bits per heavy atom. The molecule has 2 aromatic carbocycles. The van der Waals surface area contributed by atoms with Crippen LogP contribution in [0.4, 0.5) is 5.69 Å². The molecule has 0 spiro atoms. The maximum absolute atomic E-state index is 12.7. The molecule has 8 heteroatoms. The molecule has 1 aliphatic rings. The summed E-state index contributed by atoms with van der Waals surface area (Å²) in [5, 5.41) is 2.97. The van der Waals surface area contributed by atoms with Gasteiger partial charge in [-0.3, -0.25) is 14.4 Å². The van der Waals surface area contributed by atoms with Gasteiger partial charge in [-0.15, -0.1) is 0 Å². The van der Waals surface area contributed by atoms with E-state index in [2.05, 4.69) is 28.8 Å². The molecule has 2 N–H and O–H groups in total. The van der Waals surface area contributed by atoms with Crippen molar-refractivity contribution >= 4 is 21.6 Å². The van der Waals surface area contributed by atoms with Crippen molar-refractivity contribution in [3.05, 3.63) is 59.7 Å². The van der Waals surface area contributed by atoms with Gasteiger partial charge >= 0.3 is 0 Å². The Morgan fingerprint density at radius 3 is 2.43 bits per heavy atom. The lowest BCUT2D eigenvalue weighted by Crippen LogP contribution is -2.55. The first-order valence-corrected chi connectivity index (χ1v) is 11.5. The Bertz CT molecular complexity index is 982. The summed E-state index contributed by atoms with van der Waals surface area (Å²) in [6, 6.07) is 13.1. The number of rotatable bonds is 7. The molecule has 0 saturated carbocycles. The normalized spacial score (nSPS) is 15.6. The molecule has 1 heterocycles. The van der Waals surface area contributed by atoms with Crippen molar-refractivity contribution in [1.29, 1.82) is 0 Å². The zero-order chi connectivity index (χ0) is 21.8. The highest BCUT2D eigenvalue weighted by Crippen LogP contribution is 2.19. The maximum Gasteiger partial charge on any atom is 0.261 e. The Kier molecular flexibility index (Phi) is 6.80. The first kappa shape index (κ1) is 22.3. The number of nitrogens with one attached hydrogen (secondary N) is 2. The minimum absolute atomic E-state index is 0.176. The van der Waals surface area contributed by atoms with Gasteiger partial charge in [0.05, 0.1) is 18.1 Å². The van der Waals surface area contributed by atoms with Gasteiger partial charge in [-0.1, -0.05) is 23.8 Å². The van der Waals surface area contributed by atoms with E-state index in [1.54, 1.807) is 48.5 Å². The number of carbonyl (C=O) groups is 1. The molecule has 0 unspecified atom stereocenters. The van der Waals surface area contributed by atoms with Gasteiger partial charge in [0.2, 0.25) is 0 Å². The average molecular weight is 432 g/mol. The van der Waals surface area contributed by atoms with E-state index in [4.69, 9.17) is 4.74 Å². The van der Waals surface area contributed by atoms with Gasteiger partial charge in [-0.05, 0) is 51.1 Å². The average Bonchev–Trinajstić information content (AvgIpc) is 2.73. The quantitative estimate of drug-likeness (QED) is 0.704. The first-order valence-electron chi connectivity index (χ1n) is 9.98. The van der Waals surface area contributed by atoms with Gasteiger partial charge in [0.1, 0.15) is 0 Å². The molecule has 1 aliphatic heterocycles. The molecule has 7 nitrogen and oxygen atoms in total. The number of hydrogen-bond donors (Lipinski definition) is 2. The number of aryl methyl sites for hydroxylation is 1. The van der Waals surface area contributed by atoms with E-state index in [0.29, 0.717) is 31.0 Å². The number of amides is 1. The largest absolute Gasteiger partial charge is 0.379 e. The van der Waals surface area contributed by atoms with Crippen molar-refractivity contribution in [2.75, 3.05) is 37.6 Å². The summed E-state index contributed by atoms with van der Waals surface area (Å²) in [6.07, 6.45) is 0. The molecular formula is C22H29N3O4S. The molecule has 0 radical (unpaired) electrons. The minimum atomic E-state index is -3.72. The van der Waals surface area contributed by atoms with Gasteiger partial charge in [-0.2, -0.15) is 0 Å². The number of carbonyl (C=O) groups excluding carboxylic acids is 1. The van der Waals surface area contributed by atoms with Gasteiger partial charge < -0.3 is 10.1 Å². The summed E-state index contributed by atoms with van der Waals surface area (Å²) in [5.41, 5.74) is 1.52. The first-order chi connectivity index (χ1) is 14.2. The molecule has 0 aromatic heterocycles. The van der Waals surface area contributed by atoms with Crippen LogP contribution >= 0.6 is 0 Å². The van der Waals surface area contributed by atoms with Crippen LogP contribution in [-0.4, -0.2) is 57.6 Å². The van der Waals surface area contributed by atoms with Crippen molar-refractivity contribution < 1.29 is 17.9 Å². The van der Waals surface area contributed by atoms with Crippen LogP contribution in [0.25, 0.3) is 0 Å². The van der Waals surface area contributed by atoms with Gasteiger partial charge in [0.15, 0.2) is 0 Å². The lowest BCUT2D eigenvalue weighted by Gasteiger charge is -2.40. The summed E-state index contributed by atoms with van der Waals surface area (Å²) in [5.74, 6) is -0.243. The Labute approximate surface area is 178 Å². The second kappa shape index (κ2) is 9.16. The maximum atomic E-state index is 12.7. The number of ether oxygens (including phenoxy) is 1. The third kappa shape index (κ3) is 5.59. The highest BCUT2D eigenvalue weighted by molar-refractivity contribution is 7.92. The van der Waals surface area contributed by atoms with Crippen LogP contribution in [0.3, 0.4) is 0 Å². The summed E-state index contributed by atoms with van der Waals surface area (Å²) in [7, 11) is -3.72. The van der Waals surface area contributed by atoms with Crippen LogP contribution in [0, 0.1) is 6.92 Å². The van der Waals surface area contributed by atoms with Crippen molar-refractivity contribution in [2.24, 2.45) is 0 Å². The standard InChI is InChI=1S/C22H29N3O4S/c1-17-7-9-20(10-8-17)30(27,28)24-19-6-4-5-18(15-19)21(26)23-16-22(2,3)25-11-13-29-14-12-25/h4-10,15,24H,11-14,16H2,1-3H3,(H,23,26). The van der Waals surface area contributed by atoms with Gasteiger partial charge in [-0.25, -0.2) is 8.42 Å². The number of nitrogens with zero attached hydrogens (tertiary/aromatic N) is 1. The number of morpholine rings is 1. The van der Waals surface area contributed by atoms with Gasteiger partial charge in [0.25, 0.3) is 15.9 Å². The van der Waals surface area contributed by atoms with Crippen LogP contribution in [0.1, 0.15) is 29.8 Å². The molecule has 0 atom stereocenters. The van der Waals surface area contributed by atoms with E-state index in [0.717, 1.165) is 18.7 Å². The van der Waals surface area contributed by atoms with E-state index in [1.807, 2.05) is 6.92 Å². The Morgan fingerprint density at radius 2 is 1.77 bits per heavy atom. The van der Waals surface area contributed by atoms with Crippen molar-refractivity contribution in [1.82, 2.24) is 10.2 Å². The summed E-state index contributed by atoms with van der Waals surface area (Å²) >= 11 is 0. The van der Waals surface area contributed by atoms with Crippen LogP contribution in [0.15, 0.2) is 53.4 Å². The lowest BCUT2D eigenvalue weighted by molar-refractivity contribution is -0.00923. The Hall–Kier alpha value is -2.42. The molecule has 3 rings (SSSR count). The predicted molar refractivity (Wildman–Crippen MR) is 117 cm³/mol. The number of benzene rings is 2. The van der Waals surface area contributed by atoms with E-state index in [9.17, 15) is 13.2 Å².